The molecule has 9 rings (SSSR count). The van der Waals surface area contributed by atoms with Crippen LogP contribution in [0.5, 0.6) is 0 Å². The number of hydrogen-bond donors (Lipinski definition) is 0. The number of furan rings is 1. The van der Waals surface area contributed by atoms with E-state index in [1.807, 2.05) is 60.7 Å². The molecule has 49 heavy (non-hydrogen) atoms. The minimum atomic E-state index is -0.129. The van der Waals surface area contributed by atoms with E-state index in [4.69, 9.17) is 19.4 Å². The van der Waals surface area contributed by atoms with E-state index in [9.17, 15) is 0 Å². The summed E-state index contributed by atoms with van der Waals surface area (Å²) in [5, 5.41) is 2.15. The third kappa shape index (κ3) is 4.62. The van der Waals surface area contributed by atoms with Crippen molar-refractivity contribution < 1.29 is 4.42 Å². The van der Waals surface area contributed by atoms with Crippen molar-refractivity contribution >= 4 is 21.9 Å². The highest BCUT2D eigenvalue weighted by atomic mass is 16.3. The van der Waals surface area contributed by atoms with E-state index in [-0.39, 0.29) is 10.8 Å². The number of para-hydroxylation sites is 1. The highest BCUT2D eigenvalue weighted by Crippen LogP contribution is 2.50. The summed E-state index contributed by atoms with van der Waals surface area (Å²) in [4.78, 5) is 14.7. The van der Waals surface area contributed by atoms with Gasteiger partial charge in [-0.25, -0.2) is 15.0 Å². The summed E-state index contributed by atoms with van der Waals surface area (Å²) in [7, 11) is 0. The quantitative estimate of drug-likeness (QED) is 0.193. The molecule has 0 atom stereocenters. The van der Waals surface area contributed by atoms with Gasteiger partial charge in [-0.1, -0.05) is 149 Å². The maximum atomic E-state index is 6.75. The fourth-order valence-electron chi connectivity index (χ4n) is 7.74. The number of rotatable bonds is 4. The van der Waals surface area contributed by atoms with Gasteiger partial charge < -0.3 is 4.42 Å². The Kier molecular flexibility index (Phi) is 6.47. The summed E-state index contributed by atoms with van der Waals surface area (Å²) in [5.74, 6) is 1.88. The first-order valence-corrected chi connectivity index (χ1v) is 16.9. The fourth-order valence-corrected chi connectivity index (χ4v) is 7.74. The topological polar surface area (TPSA) is 51.8 Å². The molecule has 0 amide bonds. The first-order valence-electron chi connectivity index (χ1n) is 16.9. The Balaban J connectivity index is 1.18. The minimum absolute atomic E-state index is 0.0858. The Morgan fingerprint density at radius 3 is 1.57 bits per heavy atom. The van der Waals surface area contributed by atoms with Crippen molar-refractivity contribution in [2.45, 2.75) is 38.5 Å². The van der Waals surface area contributed by atoms with Crippen molar-refractivity contribution in [2.75, 3.05) is 0 Å². The maximum absolute atomic E-state index is 6.75. The average Bonchev–Trinajstić information content (AvgIpc) is 3.53. The Morgan fingerprint density at radius 1 is 0.408 bits per heavy atom. The van der Waals surface area contributed by atoms with Crippen LogP contribution in [0.15, 0.2) is 144 Å². The van der Waals surface area contributed by atoms with Gasteiger partial charge in [-0.3, -0.25) is 0 Å². The monoisotopic (exact) mass is 633 g/mol. The molecule has 0 radical (unpaired) electrons. The molecular weight excluding hydrogens is 599 g/mol. The second kappa shape index (κ2) is 10.8. The van der Waals surface area contributed by atoms with Crippen LogP contribution in [-0.2, 0) is 10.8 Å². The predicted octanol–water partition coefficient (Wildman–Crippen LogP) is 11.4. The third-order valence-electron chi connectivity index (χ3n) is 10.4. The molecule has 6 aromatic carbocycles. The molecular formula is C45H35N3O. The largest absolute Gasteiger partial charge is 0.455 e. The normalized spacial score (nSPS) is 14.4. The third-order valence-corrected chi connectivity index (χ3v) is 10.4. The van der Waals surface area contributed by atoms with Gasteiger partial charge in [0.2, 0.25) is 0 Å². The van der Waals surface area contributed by atoms with E-state index in [0.29, 0.717) is 17.5 Å². The van der Waals surface area contributed by atoms with Crippen LogP contribution in [0, 0.1) is 0 Å². The average molecular weight is 634 g/mol. The van der Waals surface area contributed by atoms with Gasteiger partial charge in [-0.05, 0) is 46.0 Å². The molecule has 0 fully saturated rings. The lowest BCUT2D eigenvalue weighted by Gasteiger charge is -2.44. The van der Waals surface area contributed by atoms with Crippen molar-refractivity contribution in [1.29, 1.82) is 0 Å². The van der Waals surface area contributed by atoms with Crippen LogP contribution in [0.2, 0.25) is 0 Å². The summed E-state index contributed by atoms with van der Waals surface area (Å²) in [6, 6.07) is 48.7. The lowest BCUT2D eigenvalue weighted by molar-refractivity contribution is 0.521. The zero-order chi connectivity index (χ0) is 33.3. The van der Waals surface area contributed by atoms with Gasteiger partial charge in [-0.15, -0.1) is 0 Å². The van der Waals surface area contributed by atoms with E-state index < -0.39 is 0 Å². The molecule has 236 valence electrons. The van der Waals surface area contributed by atoms with Crippen LogP contribution in [0.25, 0.3) is 67.2 Å². The van der Waals surface area contributed by atoms with Crippen molar-refractivity contribution in [1.82, 2.24) is 15.0 Å². The van der Waals surface area contributed by atoms with Gasteiger partial charge in [0.25, 0.3) is 0 Å². The summed E-state index contributed by atoms with van der Waals surface area (Å²) in [5.41, 5.74) is 12.0. The van der Waals surface area contributed by atoms with Gasteiger partial charge in [0.05, 0.1) is 0 Å². The predicted molar refractivity (Wildman–Crippen MR) is 200 cm³/mol. The number of hydrogen-bond acceptors (Lipinski definition) is 4. The van der Waals surface area contributed by atoms with Crippen LogP contribution < -0.4 is 0 Å². The van der Waals surface area contributed by atoms with Crippen molar-refractivity contribution in [2.24, 2.45) is 0 Å². The Morgan fingerprint density at radius 2 is 0.939 bits per heavy atom. The molecule has 0 saturated heterocycles. The van der Waals surface area contributed by atoms with E-state index in [1.54, 1.807) is 0 Å². The van der Waals surface area contributed by atoms with E-state index in [1.165, 1.54) is 22.3 Å². The molecule has 0 N–H and O–H groups in total. The van der Waals surface area contributed by atoms with Crippen LogP contribution >= 0.6 is 0 Å². The fraction of sp³-hybridized carbons (Fsp3) is 0.133. The number of aromatic nitrogens is 3. The molecule has 0 aliphatic heterocycles. The van der Waals surface area contributed by atoms with E-state index in [0.717, 1.165) is 49.8 Å². The lowest BCUT2D eigenvalue weighted by atomic mass is 9.60. The van der Waals surface area contributed by atoms with Crippen molar-refractivity contribution in [3.63, 3.8) is 0 Å². The summed E-state index contributed by atoms with van der Waals surface area (Å²) in [6.45, 7) is 9.38. The Hall–Kier alpha value is -5.87. The summed E-state index contributed by atoms with van der Waals surface area (Å²) in [6.07, 6.45) is 0. The number of fused-ring (bicyclic) bond motifs is 5. The summed E-state index contributed by atoms with van der Waals surface area (Å²) < 4.78 is 6.75. The van der Waals surface area contributed by atoms with Crippen molar-refractivity contribution in [3.8, 4) is 45.3 Å². The molecule has 0 spiro atoms. The first kappa shape index (κ1) is 29.3. The van der Waals surface area contributed by atoms with Gasteiger partial charge in [0, 0.05) is 43.9 Å². The molecule has 2 heterocycles. The van der Waals surface area contributed by atoms with Crippen LogP contribution in [-0.4, -0.2) is 15.0 Å². The molecule has 0 unspecified atom stereocenters. The molecule has 0 saturated carbocycles. The van der Waals surface area contributed by atoms with Crippen LogP contribution in [0.4, 0.5) is 0 Å². The number of nitrogens with zero attached hydrogens (tertiary/aromatic N) is 3. The number of benzene rings is 6. The van der Waals surface area contributed by atoms with Gasteiger partial charge in [-0.2, -0.15) is 0 Å². The molecule has 1 aliphatic rings. The van der Waals surface area contributed by atoms with Crippen LogP contribution in [0.3, 0.4) is 0 Å². The van der Waals surface area contributed by atoms with Gasteiger partial charge in [0.15, 0.2) is 17.5 Å². The van der Waals surface area contributed by atoms with Gasteiger partial charge in [0.1, 0.15) is 11.2 Å². The second-order valence-corrected chi connectivity index (χ2v) is 14.1. The Labute approximate surface area is 286 Å². The first-order chi connectivity index (χ1) is 23.8. The van der Waals surface area contributed by atoms with Gasteiger partial charge >= 0.3 is 0 Å². The zero-order valence-electron chi connectivity index (χ0n) is 28.0. The molecule has 2 aromatic heterocycles. The molecule has 4 heteroatoms. The van der Waals surface area contributed by atoms with E-state index in [2.05, 4.69) is 107 Å². The van der Waals surface area contributed by atoms with E-state index >= 15 is 0 Å². The lowest BCUT2D eigenvalue weighted by Crippen LogP contribution is -2.36. The molecule has 0 bridgehead atoms. The SMILES string of the molecule is CC1(C)c2ccccc2C(C)(C)c2cc(-c3cccc4c3oc3cc(-c5nc(-c6ccccc6)nc(-c6ccccc6)n5)ccc34)ccc21. The summed E-state index contributed by atoms with van der Waals surface area (Å²) >= 11 is 0. The second-order valence-electron chi connectivity index (χ2n) is 14.1. The van der Waals surface area contributed by atoms with Crippen molar-refractivity contribution in [3.05, 3.63) is 162 Å². The zero-order valence-corrected chi connectivity index (χ0v) is 28.0. The molecule has 8 aromatic rings. The minimum Gasteiger partial charge on any atom is -0.455 e. The maximum Gasteiger partial charge on any atom is 0.164 e. The highest BCUT2D eigenvalue weighted by molar-refractivity contribution is 6.10. The standard InChI is InChI=1S/C45H35N3O/c1-44(2)35-20-11-12-21-36(35)45(3,4)38-26-30(23-25-37(38)44)32-18-13-19-34-33-24-22-31(27-39(33)49-40(32)34)43-47-41(28-14-7-5-8-15-28)46-42(48-43)29-16-9-6-10-17-29/h5-27H,1-4H3. The molecule has 1 aliphatic carbocycles. The van der Waals surface area contributed by atoms with Crippen LogP contribution in [0.1, 0.15) is 49.9 Å². The highest BCUT2D eigenvalue weighted by Gasteiger charge is 2.41. The smallest absolute Gasteiger partial charge is 0.164 e. The molecule has 4 nitrogen and oxygen atoms in total. The Bertz CT molecular complexity index is 2490.